The highest BCUT2D eigenvalue weighted by molar-refractivity contribution is 6.35. The van der Waals surface area contributed by atoms with Crippen molar-refractivity contribution in [2.24, 2.45) is 11.5 Å². The predicted octanol–water partition coefficient (Wildman–Crippen LogP) is 2.74. The lowest BCUT2D eigenvalue weighted by Crippen LogP contribution is -2.23. The molecule has 0 saturated heterocycles. The van der Waals surface area contributed by atoms with Gasteiger partial charge in [-0.3, -0.25) is 0 Å². The molecule has 0 amide bonds. The lowest BCUT2D eigenvalue weighted by molar-refractivity contribution is 0.403. The van der Waals surface area contributed by atoms with E-state index >= 15 is 0 Å². The number of hydrogen-bond acceptors (Lipinski definition) is 3. The highest BCUT2D eigenvalue weighted by Gasteiger charge is 2.17. The van der Waals surface area contributed by atoms with Gasteiger partial charge in [-0.1, -0.05) is 23.2 Å². The lowest BCUT2D eigenvalue weighted by Gasteiger charge is -2.18. The van der Waals surface area contributed by atoms with Gasteiger partial charge >= 0.3 is 0 Å². The van der Waals surface area contributed by atoms with E-state index < -0.39 is 0 Å². The number of halogens is 2. The summed E-state index contributed by atoms with van der Waals surface area (Å²) in [4.78, 5) is 0. The first-order valence-corrected chi connectivity index (χ1v) is 5.75. The van der Waals surface area contributed by atoms with Crippen LogP contribution in [0.15, 0.2) is 12.1 Å². The molecule has 5 heteroatoms. The Balaban J connectivity index is 3.10. The molecule has 2 atom stereocenters. The van der Waals surface area contributed by atoms with Crippen molar-refractivity contribution in [3.63, 3.8) is 0 Å². The summed E-state index contributed by atoms with van der Waals surface area (Å²) < 4.78 is 5.22. The molecule has 0 radical (unpaired) electrons. The van der Waals surface area contributed by atoms with Crippen LogP contribution < -0.4 is 16.2 Å². The predicted molar refractivity (Wildman–Crippen MR) is 68.2 cm³/mol. The number of rotatable bonds is 4. The van der Waals surface area contributed by atoms with Gasteiger partial charge in [0, 0.05) is 22.7 Å². The highest BCUT2D eigenvalue weighted by atomic mass is 35.5. The summed E-state index contributed by atoms with van der Waals surface area (Å²) in [5.41, 5.74) is 12.5. The van der Waals surface area contributed by atoms with Crippen LogP contribution in [0.2, 0.25) is 10.0 Å². The molecule has 2 unspecified atom stereocenters. The van der Waals surface area contributed by atoms with E-state index in [1.165, 1.54) is 0 Å². The molecular weight excluding hydrogens is 247 g/mol. The molecule has 0 aliphatic carbocycles. The average Bonchev–Trinajstić information content (AvgIpc) is 2.15. The minimum absolute atomic E-state index is 0.0115. The standard InChI is InChI=1S/C11H16Cl2N2O/c1-6(14)3-10(15)8-4-7(12)5-9(13)11(8)16-2/h4-6,10H,3,14-15H2,1-2H3. The molecule has 1 aromatic rings. The summed E-state index contributed by atoms with van der Waals surface area (Å²) in [5, 5.41) is 1.01. The summed E-state index contributed by atoms with van der Waals surface area (Å²) in [6.07, 6.45) is 0.646. The third kappa shape index (κ3) is 3.25. The molecule has 0 saturated carbocycles. The highest BCUT2D eigenvalue weighted by Crippen LogP contribution is 2.36. The maximum Gasteiger partial charge on any atom is 0.142 e. The molecule has 3 nitrogen and oxygen atoms in total. The molecule has 0 heterocycles. The lowest BCUT2D eigenvalue weighted by atomic mass is 10.0. The van der Waals surface area contributed by atoms with Crippen molar-refractivity contribution in [3.8, 4) is 5.75 Å². The van der Waals surface area contributed by atoms with Gasteiger partial charge in [-0.25, -0.2) is 0 Å². The summed E-state index contributed by atoms with van der Waals surface area (Å²) in [7, 11) is 1.55. The van der Waals surface area contributed by atoms with Crippen molar-refractivity contribution >= 4 is 23.2 Å². The molecule has 1 rings (SSSR count). The first-order chi connectivity index (χ1) is 7.45. The van der Waals surface area contributed by atoms with Crippen molar-refractivity contribution < 1.29 is 4.74 Å². The van der Waals surface area contributed by atoms with E-state index in [2.05, 4.69) is 0 Å². The Morgan fingerprint density at radius 2 is 1.94 bits per heavy atom. The summed E-state index contributed by atoms with van der Waals surface area (Å²) in [6.45, 7) is 1.90. The fourth-order valence-corrected chi connectivity index (χ4v) is 2.18. The Morgan fingerprint density at radius 1 is 1.31 bits per heavy atom. The van der Waals surface area contributed by atoms with E-state index in [0.29, 0.717) is 22.2 Å². The number of nitrogens with two attached hydrogens (primary N) is 2. The maximum atomic E-state index is 6.03. The SMILES string of the molecule is COc1c(Cl)cc(Cl)cc1C(N)CC(C)N. The van der Waals surface area contributed by atoms with Crippen LogP contribution >= 0.6 is 23.2 Å². The Morgan fingerprint density at radius 3 is 2.44 bits per heavy atom. The summed E-state index contributed by atoms with van der Waals surface area (Å²) >= 11 is 12.0. The van der Waals surface area contributed by atoms with Crippen LogP contribution in [-0.2, 0) is 0 Å². The van der Waals surface area contributed by atoms with Gasteiger partial charge in [0.2, 0.25) is 0 Å². The molecule has 4 N–H and O–H groups in total. The van der Waals surface area contributed by atoms with Crippen molar-refractivity contribution in [1.82, 2.24) is 0 Å². The first-order valence-electron chi connectivity index (χ1n) is 4.99. The molecular formula is C11H16Cl2N2O. The van der Waals surface area contributed by atoms with Gasteiger partial charge in [0.15, 0.2) is 0 Å². The first kappa shape index (κ1) is 13.6. The van der Waals surface area contributed by atoms with Gasteiger partial charge in [0.25, 0.3) is 0 Å². The van der Waals surface area contributed by atoms with Crippen molar-refractivity contribution in [3.05, 3.63) is 27.7 Å². The normalized spacial score (nSPS) is 14.6. The van der Waals surface area contributed by atoms with Crippen molar-refractivity contribution in [2.45, 2.75) is 25.4 Å². The van der Waals surface area contributed by atoms with Crippen molar-refractivity contribution in [1.29, 1.82) is 0 Å². The van der Waals surface area contributed by atoms with Gasteiger partial charge < -0.3 is 16.2 Å². The molecule has 16 heavy (non-hydrogen) atoms. The number of benzene rings is 1. The zero-order chi connectivity index (χ0) is 12.3. The second kappa shape index (κ2) is 5.73. The smallest absolute Gasteiger partial charge is 0.142 e. The van der Waals surface area contributed by atoms with E-state index in [-0.39, 0.29) is 12.1 Å². The summed E-state index contributed by atoms with van der Waals surface area (Å²) in [6, 6.07) is 3.17. The minimum atomic E-state index is -0.230. The number of methoxy groups -OCH3 is 1. The number of ether oxygens (including phenoxy) is 1. The molecule has 0 aromatic heterocycles. The van der Waals surface area contributed by atoms with Crippen LogP contribution in [-0.4, -0.2) is 13.2 Å². The van der Waals surface area contributed by atoms with E-state index in [0.717, 1.165) is 5.56 Å². The molecule has 90 valence electrons. The Bertz CT molecular complexity index is 369. The quantitative estimate of drug-likeness (QED) is 0.878. The molecule has 1 aromatic carbocycles. The Labute approximate surface area is 106 Å². The van der Waals surface area contributed by atoms with E-state index in [1.54, 1.807) is 19.2 Å². The Hall–Kier alpha value is -0.480. The third-order valence-electron chi connectivity index (χ3n) is 2.27. The van der Waals surface area contributed by atoms with Gasteiger partial charge in [-0.05, 0) is 25.5 Å². The molecule has 0 fully saturated rings. The fraction of sp³-hybridized carbons (Fsp3) is 0.455. The van der Waals surface area contributed by atoms with E-state index in [1.807, 2.05) is 6.92 Å². The van der Waals surface area contributed by atoms with Gasteiger partial charge in [-0.2, -0.15) is 0 Å². The van der Waals surface area contributed by atoms with Gasteiger partial charge in [0.1, 0.15) is 5.75 Å². The summed E-state index contributed by atoms with van der Waals surface area (Å²) in [5.74, 6) is 0.569. The second-order valence-corrected chi connectivity index (χ2v) is 4.67. The van der Waals surface area contributed by atoms with Crippen LogP contribution in [0, 0.1) is 0 Å². The zero-order valence-corrected chi connectivity index (χ0v) is 10.8. The average molecular weight is 263 g/mol. The number of hydrogen-bond donors (Lipinski definition) is 2. The second-order valence-electron chi connectivity index (χ2n) is 3.83. The third-order valence-corrected chi connectivity index (χ3v) is 2.77. The van der Waals surface area contributed by atoms with Crippen LogP contribution in [0.1, 0.15) is 24.9 Å². The molecule has 0 aliphatic heterocycles. The van der Waals surface area contributed by atoms with Gasteiger partial charge in [-0.15, -0.1) is 0 Å². The molecule has 0 aliphatic rings. The molecule has 0 bridgehead atoms. The fourth-order valence-electron chi connectivity index (χ4n) is 1.60. The maximum absolute atomic E-state index is 6.03. The molecule has 0 spiro atoms. The van der Waals surface area contributed by atoms with Gasteiger partial charge in [0.05, 0.1) is 12.1 Å². The van der Waals surface area contributed by atoms with E-state index in [4.69, 9.17) is 39.4 Å². The van der Waals surface area contributed by atoms with Crippen LogP contribution in [0.5, 0.6) is 5.75 Å². The van der Waals surface area contributed by atoms with Crippen LogP contribution in [0.3, 0.4) is 0 Å². The zero-order valence-electron chi connectivity index (χ0n) is 9.34. The largest absolute Gasteiger partial charge is 0.495 e. The topological polar surface area (TPSA) is 61.3 Å². The van der Waals surface area contributed by atoms with E-state index in [9.17, 15) is 0 Å². The van der Waals surface area contributed by atoms with Crippen LogP contribution in [0.4, 0.5) is 0 Å². The Kier molecular flexibility index (Phi) is 4.87. The van der Waals surface area contributed by atoms with Crippen LogP contribution in [0.25, 0.3) is 0 Å². The minimum Gasteiger partial charge on any atom is -0.495 e. The monoisotopic (exact) mass is 262 g/mol. The van der Waals surface area contributed by atoms with Crippen molar-refractivity contribution in [2.75, 3.05) is 7.11 Å².